The second-order valence-electron chi connectivity index (χ2n) is 8.07. The zero-order valence-corrected chi connectivity index (χ0v) is 16.6. The van der Waals surface area contributed by atoms with Crippen LogP contribution in [0, 0.1) is 5.92 Å². The van der Waals surface area contributed by atoms with Gasteiger partial charge in [-0.05, 0) is 54.5 Å². The first-order valence-corrected chi connectivity index (χ1v) is 10.4. The highest BCUT2D eigenvalue weighted by atomic mass is 16.5. The maximum atomic E-state index is 10.0. The Bertz CT molecular complexity index is 919. The molecule has 0 bridgehead atoms. The van der Waals surface area contributed by atoms with Crippen molar-refractivity contribution in [2.45, 2.75) is 37.3 Å². The Hall–Kier alpha value is -2.66. The summed E-state index contributed by atoms with van der Waals surface area (Å²) in [4.78, 5) is 0. The number of nitrogens with one attached hydrogen (secondary N) is 1. The van der Waals surface area contributed by atoms with E-state index in [1.807, 2.05) is 18.2 Å². The van der Waals surface area contributed by atoms with Gasteiger partial charge in [0.1, 0.15) is 12.4 Å². The van der Waals surface area contributed by atoms with E-state index in [9.17, 15) is 5.11 Å². The number of benzene rings is 2. The molecule has 5 rings (SSSR count). The first-order valence-electron chi connectivity index (χ1n) is 10.4. The van der Waals surface area contributed by atoms with Crippen molar-refractivity contribution >= 4 is 5.69 Å². The van der Waals surface area contributed by atoms with Gasteiger partial charge in [0.2, 0.25) is 0 Å². The predicted octanol–water partition coefficient (Wildman–Crippen LogP) is 4.79. The fraction of sp³-hybridized carbons (Fsp3) is 0.417. The average Bonchev–Trinajstić information content (AvgIpc) is 3.44. The Labute approximate surface area is 171 Å². The first-order chi connectivity index (χ1) is 14.2. The van der Waals surface area contributed by atoms with E-state index in [-0.39, 0.29) is 17.9 Å². The zero-order valence-electron chi connectivity index (χ0n) is 16.6. The van der Waals surface area contributed by atoms with Crippen LogP contribution in [-0.4, -0.2) is 31.5 Å². The minimum atomic E-state index is 0.115. The Morgan fingerprint density at radius 3 is 2.97 bits per heavy atom. The Kier molecular flexibility index (Phi) is 4.84. The van der Waals surface area contributed by atoms with Crippen LogP contribution in [0.3, 0.4) is 0 Å². The normalized spacial score (nSPS) is 27.2. The van der Waals surface area contributed by atoms with Gasteiger partial charge in [-0.25, -0.2) is 0 Å². The standard InChI is InChI=1S/C24H27NO4/c1-27-22-13-15(10-11-20(22)26)23-18-7-2-6-17(18)19-8-3-9-21(24(19)25-23)29-14-16-5-4-12-28-16/h2-3,6,8-11,13,16-18,23,25-26H,4-5,7,12,14H2,1H3. The van der Waals surface area contributed by atoms with Crippen molar-refractivity contribution in [1.29, 1.82) is 0 Å². The maximum Gasteiger partial charge on any atom is 0.160 e. The van der Waals surface area contributed by atoms with Crippen LogP contribution in [0.2, 0.25) is 0 Å². The summed E-state index contributed by atoms with van der Waals surface area (Å²) in [6.07, 6.45) is 7.97. The topological polar surface area (TPSA) is 60.0 Å². The zero-order chi connectivity index (χ0) is 19.8. The molecule has 2 N–H and O–H groups in total. The van der Waals surface area contributed by atoms with Gasteiger partial charge in [-0.3, -0.25) is 0 Å². The molecule has 1 saturated heterocycles. The molecule has 2 aromatic rings. The Morgan fingerprint density at radius 2 is 2.14 bits per heavy atom. The van der Waals surface area contributed by atoms with Gasteiger partial charge in [-0.2, -0.15) is 0 Å². The lowest BCUT2D eigenvalue weighted by atomic mass is 9.77. The number of para-hydroxylation sites is 1. The number of methoxy groups -OCH3 is 1. The Morgan fingerprint density at radius 1 is 1.21 bits per heavy atom. The molecule has 4 atom stereocenters. The summed E-state index contributed by atoms with van der Waals surface area (Å²) in [5.41, 5.74) is 3.46. The fourth-order valence-corrected chi connectivity index (χ4v) is 4.89. The molecular formula is C24H27NO4. The van der Waals surface area contributed by atoms with Crippen molar-refractivity contribution in [2.75, 3.05) is 25.6 Å². The predicted molar refractivity (Wildman–Crippen MR) is 112 cm³/mol. The van der Waals surface area contributed by atoms with Crippen LogP contribution in [0.25, 0.3) is 0 Å². The van der Waals surface area contributed by atoms with Crippen LogP contribution in [-0.2, 0) is 4.74 Å². The van der Waals surface area contributed by atoms with Crippen molar-refractivity contribution in [1.82, 2.24) is 0 Å². The molecule has 0 spiro atoms. The lowest BCUT2D eigenvalue weighted by molar-refractivity contribution is 0.0681. The molecule has 5 heteroatoms. The van der Waals surface area contributed by atoms with Crippen LogP contribution in [0.5, 0.6) is 17.2 Å². The minimum absolute atomic E-state index is 0.115. The smallest absolute Gasteiger partial charge is 0.160 e. The van der Waals surface area contributed by atoms with Gasteiger partial charge >= 0.3 is 0 Å². The molecule has 152 valence electrons. The largest absolute Gasteiger partial charge is 0.504 e. The van der Waals surface area contributed by atoms with Crippen molar-refractivity contribution in [3.63, 3.8) is 0 Å². The molecule has 0 saturated carbocycles. The second kappa shape index (κ2) is 7.64. The number of hydrogen-bond donors (Lipinski definition) is 2. The number of fused-ring (bicyclic) bond motifs is 3. The van der Waals surface area contributed by atoms with Crippen molar-refractivity contribution in [3.8, 4) is 17.2 Å². The molecule has 1 fully saturated rings. The molecule has 0 amide bonds. The summed E-state index contributed by atoms with van der Waals surface area (Å²) >= 11 is 0. The molecule has 0 radical (unpaired) electrons. The molecule has 2 aromatic carbocycles. The summed E-state index contributed by atoms with van der Waals surface area (Å²) in [5.74, 6) is 2.31. The van der Waals surface area contributed by atoms with E-state index in [1.54, 1.807) is 13.2 Å². The molecule has 2 heterocycles. The average molecular weight is 393 g/mol. The van der Waals surface area contributed by atoms with Gasteiger partial charge in [0.15, 0.2) is 11.5 Å². The lowest BCUT2D eigenvalue weighted by Crippen LogP contribution is -2.29. The van der Waals surface area contributed by atoms with Gasteiger partial charge in [0.05, 0.1) is 24.9 Å². The highest BCUT2D eigenvalue weighted by Crippen LogP contribution is 2.52. The molecule has 0 aromatic heterocycles. The molecular weight excluding hydrogens is 366 g/mol. The number of anilines is 1. The number of ether oxygens (including phenoxy) is 3. The van der Waals surface area contributed by atoms with Crippen LogP contribution in [0.15, 0.2) is 48.6 Å². The summed E-state index contributed by atoms with van der Waals surface area (Å²) in [5, 5.41) is 13.8. The number of phenols is 1. The third kappa shape index (κ3) is 3.33. The molecule has 5 nitrogen and oxygen atoms in total. The number of allylic oxidation sites excluding steroid dienone is 2. The fourth-order valence-electron chi connectivity index (χ4n) is 4.89. The number of rotatable bonds is 5. The molecule has 2 aliphatic heterocycles. The molecule has 29 heavy (non-hydrogen) atoms. The van der Waals surface area contributed by atoms with Crippen molar-refractivity contribution in [2.24, 2.45) is 5.92 Å². The van der Waals surface area contributed by atoms with E-state index in [2.05, 4.69) is 29.6 Å². The summed E-state index contributed by atoms with van der Waals surface area (Å²) in [7, 11) is 1.58. The van der Waals surface area contributed by atoms with Gasteiger partial charge in [-0.15, -0.1) is 0 Å². The van der Waals surface area contributed by atoms with E-state index >= 15 is 0 Å². The number of phenolic OH excluding ortho intramolecular Hbond substituents is 1. The van der Waals surface area contributed by atoms with Crippen LogP contribution in [0.4, 0.5) is 5.69 Å². The summed E-state index contributed by atoms with van der Waals surface area (Å²) < 4.78 is 17.3. The van der Waals surface area contributed by atoms with E-state index in [0.717, 1.165) is 42.9 Å². The van der Waals surface area contributed by atoms with E-state index in [4.69, 9.17) is 14.2 Å². The third-order valence-electron chi connectivity index (χ3n) is 6.37. The third-order valence-corrected chi connectivity index (χ3v) is 6.37. The van der Waals surface area contributed by atoms with Crippen LogP contribution < -0.4 is 14.8 Å². The highest BCUT2D eigenvalue weighted by molar-refractivity contribution is 5.68. The van der Waals surface area contributed by atoms with Gasteiger partial charge in [-0.1, -0.05) is 30.4 Å². The van der Waals surface area contributed by atoms with E-state index in [1.165, 1.54) is 5.56 Å². The lowest BCUT2D eigenvalue weighted by Gasteiger charge is -2.38. The quantitative estimate of drug-likeness (QED) is 0.716. The van der Waals surface area contributed by atoms with Gasteiger partial charge in [0, 0.05) is 12.5 Å². The first kappa shape index (κ1) is 18.4. The van der Waals surface area contributed by atoms with Crippen molar-refractivity contribution < 1.29 is 19.3 Å². The van der Waals surface area contributed by atoms with Gasteiger partial charge < -0.3 is 24.6 Å². The summed E-state index contributed by atoms with van der Waals surface area (Å²) in [6, 6.07) is 12.1. The maximum absolute atomic E-state index is 10.0. The summed E-state index contributed by atoms with van der Waals surface area (Å²) in [6.45, 7) is 1.41. The number of hydrogen-bond acceptors (Lipinski definition) is 5. The monoisotopic (exact) mass is 393 g/mol. The minimum Gasteiger partial charge on any atom is -0.504 e. The van der Waals surface area contributed by atoms with Crippen LogP contribution in [0.1, 0.15) is 42.3 Å². The van der Waals surface area contributed by atoms with Crippen LogP contribution >= 0.6 is 0 Å². The highest BCUT2D eigenvalue weighted by Gasteiger charge is 2.39. The molecule has 4 unspecified atom stereocenters. The number of aromatic hydroxyl groups is 1. The molecule has 3 aliphatic rings. The van der Waals surface area contributed by atoms with Crippen molar-refractivity contribution in [3.05, 3.63) is 59.7 Å². The van der Waals surface area contributed by atoms with E-state index < -0.39 is 0 Å². The second-order valence-corrected chi connectivity index (χ2v) is 8.07. The van der Waals surface area contributed by atoms with E-state index in [0.29, 0.717) is 24.2 Å². The SMILES string of the molecule is COc1cc(C2Nc3c(OCC4CCCO4)cccc3C3C=CCC32)ccc1O. The molecule has 1 aliphatic carbocycles. The Balaban J connectivity index is 1.48. The van der Waals surface area contributed by atoms with Gasteiger partial charge in [0.25, 0.3) is 0 Å².